The Morgan fingerprint density at radius 2 is 1.56 bits per heavy atom. The van der Waals surface area contributed by atoms with Gasteiger partial charge < -0.3 is 10.3 Å². The van der Waals surface area contributed by atoms with Crippen molar-refractivity contribution in [3.8, 4) is 11.4 Å². The lowest BCUT2D eigenvalue weighted by molar-refractivity contribution is -0.118. The molecule has 1 heterocycles. The second kappa shape index (κ2) is 8.94. The third-order valence-electron chi connectivity index (χ3n) is 5.10. The molecular formula is C24H24N4O3S. The first-order chi connectivity index (χ1) is 15.3. The highest BCUT2D eigenvalue weighted by Gasteiger charge is 2.28. The predicted molar refractivity (Wildman–Crippen MR) is 126 cm³/mol. The number of rotatable bonds is 7. The highest BCUT2D eigenvalue weighted by Crippen LogP contribution is 2.22. The Morgan fingerprint density at radius 3 is 2.22 bits per heavy atom. The van der Waals surface area contributed by atoms with E-state index in [4.69, 9.17) is 0 Å². The van der Waals surface area contributed by atoms with Gasteiger partial charge in [-0.05, 0) is 54.4 Å². The number of aromatic nitrogens is 2. The summed E-state index contributed by atoms with van der Waals surface area (Å²) in [5, 5.41) is 2.81. The average Bonchev–Trinajstić information content (AvgIpc) is 3.23. The second-order valence-corrected chi connectivity index (χ2v) is 9.54. The predicted octanol–water partition coefficient (Wildman–Crippen LogP) is 4.17. The van der Waals surface area contributed by atoms with Gasteiger partial charge in [-0.3, -0.25) is 4.79 Å². The summed E-state index contributed by atoms with van der Waals surface area (Å²) in [6.45, 7) is 3.59. The summed E-state index contributed by atoms with van der Waals surface area (Å²) >= 11 is 0. The molecule has 1 atom stereocenters. The van der Waals surface area contributed by atoms with Gasteiger partial charge in [0.25, 0.3) is 0 Å². The number of para-hydroxylation sites is 2. The Bertz CT molecular complexity index is 1300. The van der Waals surface area contributed by atoms with Crippen LogP contribution in [-0.2, 0) is 14.8 Å². The number of anilines is 1. The number of aromatic amines is 1. The Balaban J connectivity index is 1.49. The molecule has 0 aliphatic carbocycles. The molecule has 1 amide bonds. The lowest BCUT2D eigenvalue weighted by Crippen LogP contribution is -2.47. The Hall–Kier alpha value is -3.49. The van der Waals surface area contributed by atoms with Crippen molar-refractivity contribution >= 4 is 32.7 Å². The number of amides is 1. The number of hydrogen-bond donors (Lipinski definition) is 3. The zero-order valence-electron chi connectivity index (χ0n) is 17.7. The second-order valence-electron chi connectivity index (χ2n) is 7.83. The van der Waals surface area contributed by atoms with Gasteiger partial charge in [0, 0.05) is 11.3 Å². The quantitative estimate of drug-likeness (QED) is 0.395. The van der Waals surface area contributed by atoms with Gasteiger partial charge in [0.1, 0.15) is 11.9 Å². The van der Waals surface area contributed by atoms with Crippen molar-refractivity contribution in [1.29, 1.82) is 0 Å². The van der Waals surface area contributed by atoms with E-state index in [1.54, 1.807) is 44.2 Å². The van der Waals surface area contributed by atoms with Gasteiger partial charge in [0.2, 0.25) is 15.9 Å². The van der Waals surface area contributed by atoms with Crippen LogP contribution in [0.4, 0.5) is 5.69 Å². The number of benzene rings is 3. The van der Waals surface area contributed by atoms with Gasteiger partial charge in [0.15, 0.2) is 0 Å². The van der Waals surface area contributed by atoms with Gasteiger partial charge in [0.05, 0.1) is 15.9 Å². The average molecular weight is 449 g/mol. The summed E-state index contributed by atoms with van der Waals surface area (Å²) in [6, 6.07) is 22.1. The van der Waals surface area contributed by atoms with Crippen LogP contribution < -0.4 is 10.0 Å². The topological polar surface area (TPSA) is 104 Å². The van der Waals surface area contributed by atoms with Crippen molar-refractivity contribution in [3.05, 3.63) is 78.9 Å². The van der Waals surface area contributed by atoms with Crippen molar-refractivity contribution in [2.45, 2.75) is 24.8 Å². The van der Waals surface area contributed by atoms with Crippen LogP contribution in [0.1, 0.15) is 13.8 Å². The van der Waals surface area contributed by atoms with E-state index in [2.05, 4.69) is 20.0 Å². The third-order valence-corrected chi connectivity index (χ3v) is 6.56. The molecule has 3 aromatic carbocycles. The SMILES string of the molecule is CC(C)[C@H](NS(=O)(=O)c1ccccc1)C(=O)Nc1ccc(-c2nc3ccccc3[nH]2)cc1. The molecule has 1 aromatic heterocycles. The monoisotopic (exact) mass is 448 g/mol. The van der Waals surface area contributed by atoms with E-state index in [1.807, 2.05) is 36.4 Å². The summed E-state index contributed by atoms with van der Waals surface area (Å²) in [4.78, 5) is 20.8. The van der Waals surface area contributed by atoms with Crippen LogP contribution in [0, 0.1) is 5.92 Å². The van der Waals surface area contributed by atoms with Crippen molar-refractivity contribution < 1.29 is 13.2 Å². The molecule has 0 spiro atoms. The van der Waals surface area contributed by atoms with Crippen molar-refractivity contribution in [3.63, 3.8) is 0 Å². The maximum atomic E-state index is 12.9. The minimum Gasteiger partial charge on any atom is -0.338 e. The molecule has 0 aliphatic heterocycles. The zero-order chi connectivity index (χ0) is 22.7. The Labute approximate surface area is 187 Å². The van der Waals surface area contributed by atoms with Gasteiger partial charge in [-0.15, -0.1) is 0 Å². The number of fused-ring (bicyclic) bond motifs is 1. The van der Waals surface area contributed by atoms with Crippen LogP contribution in [0.25, 0.3) is 22.4 Å². The number of H-pyrrole nitrogens is 1. The fourth-order valence-corrected chi connectivity index (χ4v) is 4.71. The highest BCUT2D eigenvalue weighted by molar-refractivity contribution is 7.89. The van der Waals surface area contributed by atoms with Gasteiger partial charge in [-0.2, -0.15) is 4.72 Å². The highest BCUT2D eigenvalue weighted by atomic mass is 32.2. The summed E-state index contributed by atoms with van der Waals surface area (Å²) in [5.41, 5.74) is 3.28. The molecule has 4 rings (SSSR count). The first kappa shape index (κ1) is 21.7. The summed E-state index contributed by atoms with van der Waals surface area (Å²) in [7, 11) is -3.82. The lowest BCUT2D eigenvalue weighted by Gasteiger charge is -2.21. The maximum Gasteiger partial charge on any atom is 0.242 e. The van der Waals surface area contributed by atoms with E-state index in [0.717, 1.165) is 22.4 Å². The molecule has 0 saturated heterocycles. The molecule has 0 saturated carbocycles. The zero-order valence-corrected chi connectivity index (χ0v) is 18.6. The summed E-state index contributed by atoms with van der Waals surface area (Å²) < 4.78 is 27.9. The molecule has 0 unspecified atom stereocenters. The van der Waals surface area contributed by atoms with Crippen LogP contribution in [0.5, 0.6) is 0 Å². The van der Waals surface area contributed by atoms with Crippen LogP contribution in [-0.4, -0.2) is 30.3 Å². The van der Waals surface area contributed by atoms with Crippen molar-refractivity contribution in [2.24, 2.45) is 5.92 Å². The number of nitrogens with zero attached hydrogens (tertiary/aromatic N) is 1. The molecule has 0 fully saturated rings. The number of hydrogen-bond acceptors (Lipinski definition) is 4. The fourth-order valence-electron chi connectivity index (χ4n) is 3.35. The van der Waals surface area contributed by atoms with E-state index in [9.17, 15) is 13.2 Å². The molecule has 3 N–H and O–H groups in total. The molecule has 7 nitrogen and oxygen atoms in total. The number of imidazole rings is 1. The molecule has 164 valence electrons. The molecule has 32 heavy (non-hydrogen) atoms. The van der Waals surface area contributed by atoms with Crippen LogP contribution in [0.15, 0.2) is 83.8 Å². The molecule has 4 aromatic rings. The smallest absolute Gasteiger partial charge is 0.242 e. The number of nitrogens with one attached hydrogen (secondary N) is 3. The molecular weight excluding hydrogens is 424 g/mol. The Kier molecular flexibility index (Phi) is 6.07. The number of carbonyl (C=O) groups is 1. The van der Waals surface area contributed by atoms with E-state index >= 15 is 0 Å². The largest absolute Gasteiger partial charge is 0.338 e. The van der Waals surface area contributed by atoms with E-state index in [-0.39, 0.29) is 10.8 Å². The van der Waals surface area contributed by atoms with Crippen LogP contribution >= 0.6 is 0 Å². The molecule has 8 heteroatoms. The van der Waals surface area contributed by atoms with Gasteiger partial charge in [-0.1, -0.05) is 44.2 Å². The van der Waals surface area contributed by atoms with E-state index in [0.29, 0.717) is 5.69 Å². The van der Waals surface area contributed by atoms with Gasteiger partial charge >= 0.3 is 0 Å². The van der Waals surface area contributed by atoms with Crippen LogP contribution in [0.2, 0.25) is 0 Å². The van der Waals surface area contributed by atoms with Gasteiger partial charge in [-0.25, -0.2) is 13.4 Å². The summed E-state index contributed by atoms with van der Waals surface area (Å²) in [6.07, 6.45) is 0. The normalized spacial score (nSPS) is 12.7. The minimum absolute atomic E-state index is 0.119. The summed E-state index contributed by atoms with van der Waals surface area (Å²) in [5.74, 6) is 0.0686. The molecule has 0 aliphatic rings. The number of carbonyl (C=O) groups excluding carboxylic acids is 1. The number of sulfonamides is 1. The van der Waals surface area contributed by atoms with E-state index < -0.39 is 22.0 Å². The maximum absolute atomic E-state index is 12.9. The Morgan fingerprint density at radius 1 is 0.906 bits per heavy atom. The van der Waals surface area contributed by atoms with Crippen molar-refractivity contribution in [2.75, 3.05) is 5.32 Å². The lowest BCUT2D eigenvalue weighted by atomic mass is 10.0. The molecule has 0 radical (unpaired) electrons. The van der Waals surface area contributed by atoms with Crippen LogP contribution in [0.3, 0.4) is 0 Å². The third kappa shape index (κ3) is 4.71. The minimum atomic E-state index is -3.82. The standard InChI is InChI=1S/C24H24N4O3S/c1-16(2)22(28-32(30,31)19-8-4-3-5-9-19)24(29)25-18-14-12-17(13-15-18)23-26-20-10-6-7-11-21(20)27-23/h3-16,22,28H,1-2H3,(H,25,29)(H,26,27)/t22-/m0/s1. The first-order valence-electron chi connectivity index (χ1n) is 10.3. The fraction of sp³-hybridized carbons (Fsp3) is 0.167. The van der Waals surface area contributed by atoms with Crippen molar-refractivity contribution in [1.82, 2.24) is 14.7 Å². The molecule has 0 bridgehead atoms. The first-order valence-corrected chi connectivity index (χ1v) is 11.8. The van der Waals surface area contributed by atoms with E-state index in [1.165, 1.54) is 12.1 Å².